The van der Waals surface area contributed by atoms with Crippen molar-refractivity contribution in [3.8, 4) is 0 Å². The zero-order chi connectivity index (χ0) is 10.9. The van der Waals surface area contributed by atoms with Crippen LogP contribution < -0.4 is 0 Å². The molecule has 14 heavy (non-hydrogen) atoms. The van der Waals surface area contributed by atoms with Crippen molar-refractivity contribution < 1.29 is 28.9 Å². The predicted octanol–water partition coefficient (Wildman–Crippen LogP) is 0.00420. The Bertz CT molecular complexity index is 264. The van der Waals surface area contributed by atoms with Crippen LogP contribution in [0.5, 0.6) is 0 Å². The first-order valence-electron chi connectivity index (χ1n) is 4.01. The van der Waals surface area contributed by atoms with E-state index in [1.54, 1.807) is 0 Å². The minimum absolute atomic E-state index is 0.284. The van der Waals surface area contributed by atoms with E-state index in [4.69, 9.17) is 15.3 Å². The van der Waals surface area contributed by atoms with Gasteiger partial charge in [-0.2, -0.15) is 0 Å². The molecule has 3 N–H and O–H groups in total. The summed E-state index contributed by atoms with van der Waals surface area (Å²) in [6.45, 7) is 0. The van der Waals surface area contributed by atoms with Gasteiger partial charge < -0.3 is 15.3 Å². The zero-order valence-corrected chi connectivity index (χ0v) is 7.10. The molecule has 0 amide bonds. The van der Waals surface area contributed by atoms with Crippen molar-refractivity contribution >= 4 is 5.97 Å². The van der Waals surface area contributed by atoms with Crippen molar-refractivity contribution in [1.29, 1.82) is 0 Å². The van der Waals surface area contributed by atoms with E-state index in [1.807, 2.05) is 0 Å². The number of alkyl halides is 2. The Morgan fingerprint density at radius 1 is 1.50 bits per heavy atom. The van der Waals surface area contributed by atoms with Crippen LogP contribution in [0.3, 0.4) is 0 Å². The number of aliphatic carboxylic acids is 1. The van der Waals surface area contributed by atoms with Crippen molar-refractivity contribution in [2.75, 3.05) is 0 Å². The van der Waals surface area contributed by atoms with E-state index < -0.39 is 36.9 Å². The quantitative estimate of drug-likeness (QED) is 0.597. The van der Waals surface area contributed by atoms with Crippen LogP contribution >= 0.6 is 0 Å². The van der Waals surface area contributed by atoms with Gasteiger partial charge >= 0.3 is 5.97 Å². The van der Waals surface area contributed by atoms with Gasteiger partial charge in [-0.3, -0.25) is 0 Å². The lowest BCUT2D eigenvalue weighted by Crippen LogP contribution is -2.40. The lowest BCUT2D eigenvalue weighted by atomic mass is 9.85. The van der Waals surface area contributed by atoms with Crippen LogP contribution in [0.4, 0.5) is 8.78 Å². The summed E-state index contributed by atoms with van der Waals surface area (Å²) in [5.41, 5.74) is -0.284. The summed E-state index contributed by atoms with van der Waals surface area (Å²) in [5.74, 6) is -2.86. The highest BCUT2D eigenvalue weighted by molar-refractivity contribution is 5.86. The predicted molar refractivity (Wildman–Crippen MR) is 41.8 cm³/mol. The van der Waals surface area contributed by atoms with E-state index in [9.17, 15) is 13.6 Å². The van der Waals surface area contributed by atoms with Gasteiger partial charge in [0.25, 0.3) is 0 Å². The summed E-state index contributed by atoms with van der Waals surface area (Å²) < 4.78 is 24.6. The lowest BCUT2D eigenvalue weighted by molar-refractivity contribution is -0.134. The second-order valence-electron chi connectivity index (χ2n) is 3.18. The minimum atomic E-state index is -2.84. The Morgan fingerprint density at radius 2 is 2.07 bits per heavy atom. The van der Waals surface area contributed by atoms with E-state index in [0.29, 0.717) is 0 Å². The third-order valence-corrected chi connectivity index (χ3v) is 2.21. The van der Waals surface area contributed by atoms with Crippen LogP contribution in [0.1, 0.15) is 6.42 Å². The highest BCUT2D eigenvalue weighted by Crippen LogP contribution is 2.29. The standard InChI is InChI=1S/C8H10F2O4/c9-7(10)4-1-3(8(13)14)2-5(11)6(4)12/h2,4-7,11-12H,1H2,(H,13,14)/t4-,5-,6+/m1/s1. The molecule has 3 atom stereocenters. The molecule has 0 heterocycles. The molecule has 0 spiro atoms. The fraction of sp³-hybridized carbons (Fsp3) is 0.625. The van der Waals surface area contributed by atoms with Gasteiger partial charge in [-0.05, 0) is 12.5 Å². The summed E-state index contributed by atoms with van der Waals surface area (Å²) in [5, 5.41) is 26.8. The summed E-state index contributed by atoms with van der Waals surface area (Å²) in [4.78, 5) is 10.5. The maximum Gasteiger partial charge on any atom is 0.331 e. The number of halogens is 2. The normalized spacial score (nSPS) is 32.9. The Hall–Kier alpha value is -1.01. The average molecular weight is 208 g/mol. The van der Waals surface area contributed by atoms with Crippen LogP contribution in [-0.2, 0) is 4.79 Å². The number of carboxylic acid groups (broad SMARTS) is 1. The molecule has 1 aliphatic rings. The molecule has 0 radical (unpaired) electrons. The maximum atomic E-state index is 12.3. The second kappa shape index (κ2) is 4.02. The first-order chi connectivity index (χ1) is 6.43. The molecule has 0 aliphatic heterocycles. The van der Waals surface area contributed by atoms with Gasteiger partial charge in [-0.15, -0.1) is 0 Å². The van der Waals surface area contributed by atoms with Crippen molar-refractivity contribution in [3.63, 3.8) is 0 Å². The number of rotatable bonds is 2. The van der Waals surface area contributed by atoms with Crippen LogP contribution in [0.2, 0.25) is 0 Å². The molecule has 0 unspecified atom stereocenters. The van der Waals surface area contributed by atoms with Crippen molar-refractivity contribution in [2.24, 2.45) is 5.92 Å². The summed E-state index contributed by atoms with van der Waals surface area (Å²) >= 11 is 0. The van der Waals surface area contributed by atoms with Crippen molar-refractivity contribution in [3.05, 3.63) is 11.6 Å². The van der Waals surface area contributed by atoms with Crippen LogP contribution in [0.25, 0.3) is 0 Å². The molecule has 0 bridgehead atoms. The van der Waals surface area contributed by atoms with E-state index in [-0.39, 0.29) is 5.57 Å². The highest BCUT2D eigenvalue weighted by Gasteiger charge is 2.38. The Kier molecular flexibility index (Phi) is 3.17. The molecule has 1 rings (SSSR count). The number of carboxylic acids is 1. The third kappa shape index (κ3) is 2.08. The lowest BCUT2D eigenvalue weighted by Gasteiger charge is -2.29. The molecule has 0 aromatic carbocycles. The molecular formula is C8H10F2O4. The highest BCUT2D eigenvalue weighted by atomic mass is 19.3. The van der Waals surface area contributed by atoms with Gasteiger partial charge in [-0.25, -0.2) is 13.6 Å². The number of hydrogen-bond acceptors (Lipinski definition) is 3. The first kappa shape index (κ1) is 11.1. The van der Waals surface area contributed by atoms with Crippen molar-refractivity contribution in [1.82, 2.24) is 0 Å². The van der Waals surface area contributed by atoms with E-state index in [1.165, 1.54) is 0 Å². The Balaban J connectivity index is 2.87. The molecule has 0 fully saturated rings. The van der Waals surface area contributed by atoms with Gasteiger partial charge in [0, 0.05) is 5.57 Å². The van der Waals surface area contributed by atoms with Crippen molar-refractivity contribution in [2.45, 2.75) is 25.1 Å². The second-order valence-corrected chi connectivity index (χ2v) is 3.18. The molecule has 4 nitrogen and oxygen atoms in total. The molecule has 6 heteroatoms. The number of aliphatic hydroxyl groups is 2. The van der Waals surface area contributed by atoms with Crippen LogP contribution in [0, 0.1) is 5.92 Å². The van der Waals surface area contributed by atoms with Gasteiger partial charge in [0.05, 0.1) is 18.1 Å². The van der Waals surface area contributed by atoms with Crippen LogP contribution in [-0.4, -0.2) is 39.9 Å². The molecule has 0 saturated heterocycles. The first-order valence-corrected chi connectivity index (χ1v) is 4.01. The third-order valence-electron chi connectivity index (χ3n) is 2.21. The number of carbonyl (C=O) groups is 1. The van der Waals surface area contributed by atoms with Gasteiger partial charge in [0.2, 0.25) is 6.43 Å². The summed E-state index contributed by atoms with van der Waals surface area (Å²) in [6.07, 6.45) is -5.51. The fourth-order valence-corrected chi connectivity index (χ4v) is 1.40. The topological polar surface area (TPSA) is 77.8 Å². The van der Waals surface area contributed by atoms with Gasteiger partial charge in [0.1, 0.15) is 0 Å². The fourth-order valence-electron chi connectivity index (χ4n) is 1.40. The molecule has 0 aromatic rings. The molecular weight excluding hydrogens is 198 g/mol. The Labute approximate surface area is 78.5 Å². The van der Waals surface area contributed by atoms with Gasteiger partial charge in [-0.1, -0.05) is 0 Å². The SMILES string of the molecule is O=C(O)C1=C[C@@H](O)[C@@H](O)[C@H](C(F)F)C1. The molecule has 1 aliphatic carbocycles. The average Bonchev–Trinajstić information content (AvgIpc) is 2.08. The smallest absolute Gasteiger partial charge is 0.331 e. The Morgan fingerprint density at radius 3 is 2.50 bits per heavy atom. The monoisotopic (exact) mass is 208 g/mol. The largest absolute Gasteiger partial charge is 0.478 e. The molecule has 0 aromatic heterocycles. The molecule has 80 valence electrons. The van der Waals surface area contributed by atoms with Crippen LogP contribution in [0.15, 0.2) is 11.6 Å². The summed E-state index contributed by atoms with van der Waals surface area (Å²) in [7, 11) is 0. The van der Waals surface area contributed by atoms with E-state index in [2.05, 4.69) is 0 Å². The van der Waals surface area contributed by atoms with E-state index in [0.717, 1.165) is 6.08 Å². The number of aliphatic hydroxyl groups excluding tert-OH is 2. The minimum Gasteiger partial charge on any atom is -0.478 e. The summed E-state index contributed by atoms with van der Waals surface area (Å²) in [6, 6.07) is 0. The molecule has 0 saturated carbocycles. The van der Waals surface area contributed by atoms with Gasteiger partial charge in [0.15, 0.2) is 0 Å². The number of hydrogen-bond donors (Lipinski definition) is 3. The maximum absolute atomic E-state index is 12.3. The van der Waals surface area contributed by atoms with E-state index >= 15 is 0 Å². The zero-order valence-electron chi connectivity index (χ0n) is 7.10.